The Morgan fingerprint density at radius 3 is 3.07 bits per heavy atom. The maximum Gasteiger partial charge on any atom is 0.213 e. The molecule has 0 amide bonds. The zero-order chi connectivity index (χ0) is 9.97. The fourth-order valence-electron chi connectivity index (χ4n) is 1.99. The Labute approximate surface area is 82.1 Å². The van der Waals surface area contributed by atoms with Crippen molar-refractivity contribution in [2.75, 3.05) is 7.05 Å². The molecule has 1 aromatic rings. The lowest BCUT2D eigenvalue weighted by molar-refractivity contribution is 0.149. The van der Waals surface area contributed by atoms with Gasteiger partial charge in [0.1, 0.15) is 6.17 Å². The van der Waals surface area contributed by atoms with Crippen LogP contribution < -0.4 is 0 Å². The molecule has 1 fully saturated rings. The van der Waals surface area contributed by atoms with E-state index in [-0.39, 0.29) is 6.04 Å². The molecule has 1 saturated carbocycles. The highest BCUT2D eigenvalue weighted by Crippen LogP contribution is 2.26. The van der Waals surface area contributed by atoms with E-state index < -0.39 is 6.17 Å². The van der Waals surface area contributed by atoms with Crippen molar-refractivity contribution in [1.29, 1.82) is 0 Å². The van der Waals surface area contributed by atoms with Crippen LogP contribution in [-0.4, -0.2) is 34.3 Å². The van der Waals surface area contributed by atoms with Crippen molar-refractivity contribution in [3.8, 4) is 0 Å². The summed E-state index contributed by atoms with van der Waals surface area (Å²) in [6.07, 6.45) is 3.18. The van der Waals surface area contributed by atoms with E-state index in [0.29, 0.717) is 18.8 Å². The zero-order valence-electron chi connectivity index (χ0n) is 8.19. The maximum atomic E-state index is 13.4. The Morgan fingerprint density at radius 1 is 1.64 bits per heavy atom. The molecule has 0 bridgehead atoms. The van der Waals surface area contributed by atoms with Gasteiger partial charge < -0.3 is 4.52 Å². The van der Waals surface area contributed by atoms with Crippen LogP contribution in [0.5, 0.6) is 0 Å². The van der Waals surface area contributed by atoms with Gasteiger partial charge in [0.15, 0.2) is 5.82 Å². The van der Waals surface area contributed by atoms with E-state index in [1.807, 2.05) is 11.9 Å². The van der Waals surface area contributed by atoms with Crippen LogP contribution in [0.1, 0.15) is 25.1 Å². The molecule has 0 spiro atoms. The van der Waals surface area contributed by atoms with Crippen LogP contribution in [0.3, 0.4) is 0 Å². The molecule has 2 rings (SSSR count). The molecule has 2 atom stereocenters. The van der Waals surface area contributed by atoms with Gasteiger partial charge in [-0.15, -0.1) is 0 Å². The van der Waals surface area contributed by atoms with Crippen molar-refractivity contribution in [3.63, 3.8) is 0 Å². The number of aromatic nitrogens is 2. The Bertz CT molecular complexity index is 278. The normalized spacial score (nSPS) is 27.4. The first-order valence-corrected chi connectivity index (χ1v) is 4.87. The number of hydrogen-bond acceptors (Lipinski definition) is 4. The van der Waals surface area contributed by atoms with Gasteiger partial charge in [-0.2, -0.15) is 4.98 Å². The van der Waals surface area contributed by atoms with E-state index in [9.17, 15) is 4.39 Å². The Balaban J connectivity index is 1.92. The molecule has 0 radical (unpaired) electrons. The Kier molecular flexibility index (Phi) is 2.77. The topological polar surface area (TPSA) is 42.2 Å². The van der Waals surface area contributed by atoms with Gasteiger partial charge in [0.25, 0.3) is 0 Å². The van der Waals surface area contributed by atoms with Crippen LogP contribution >= 0.6 is 0 Å². The van der Waals surface area contributed by atoms with Crippen LogP contribution in [0.25, 0.3) is 0 Å². The van der Waals surface area contributed by atoms with E-state index in [2.05, 4.69) is 14.7 Å². The third-order valence-electron chi connectivity index (χ3n) is 2.76. The molecule has 0 aliphatic heterocycles. The van der Waals surface area contributed by atoms with Gasteiger partial charge in [-0.1, -0.05) is 5.16 Å². The largest absolute Gasteiger partial charge is 0.343 e. The zero-order valence-corrected chi connectivity index (χ0v) is 8.19. The molecule has 1 aliphatic rings. The second-order valence-electron chi connectivity index (χ2n) is 3.78. The minimum Gasteiger partial charge on any atom is -0.343 e. The molecule has 0 aromatic carbocycles. The average molecular weight is 199 g/mol. The molecule has 0 N–H and O–H groups in total. The standard InChI is InChI=1S/C9H14FN3O/c1-13(5-9-11-6-14-12-9)8-4-2-3-7(8)10/h6-8H,2-5H2,1H3/t7-,8-/m1/s1. The monoisotopic (exact) mass is 199 g/mol. The quantitative estimate of drug-likeness (QED) is 0.737. The number of alkyl halides is 1. The molecule has 0 saturated heterocycles. The first-order chi connectivity index (χ1) is 6.77. The summed E-state index contributed by atoms with van der Waals surface area (Å²) in [5.74, 6) is 0.617. The highest BCUT2D eigenvalue weighted by molar-refractivity contribution is 4.87. The molecule has 14 heavy (non-hydrogen) atoms. The maximum absolute atomic E-state index is 13.4. The van der Waals surface area contributed by atoms with Gasteiger partial charge in [0.05, 0.1) is 6.54 Å². The van der Waals surface area contributed by atoms with Crippen molar-refractivity contribution in [3.05, 3.63) is 12.2 Å². The molecule has 5 heteroatoms. The number of halogens is 1. The fourth-order valence-corrected chi connectivity index (χ4v) is 1.99. The molecular formula is C9H14FN3O. The second-order valence-corrected chi connectivity index (χ2v) is 3.78. The van der Waals surface area contributed by atoms with Crippen LogP contribution in [0.2, 0.25) is 0 Å². The van der Waals surface area contributed by atoms with E-state index in [1.54, 1.807) is 0 Å². The van der Waals surface area contributed by atoms with Crippen molar-refractivity contribution in [2.24, 2.45) is 0 Å². The predicted octanol–water partition coefficient (Wildman–Crippen LogP) is 1.39. The third-order valence-corrected chi connectivity index (χ3v) is 2.76. The van der Waals surface area contributed by atoms with E-state index in [1.165, 1.54) is 6.39 Å². The number of nitrogens with zero attached hydrogens (tertiary/aromatic N) is 3. The molecule has 1 heterocycles. The van der Waals surface area contributed by atoms with Crippen LogP contribution in [0.4, 0.5) is 4.39 Å². The van der Waals surface area contributed by atoms with Crippen molar-refractivity contribution in [1.82, 2.24) is 15.0 Å². The average Bonchev–Trinajstić information content (AvgIpc) is 2.75. The molecule has 4 nitrogen and oxygen atoms in total. The Morgan fingerprint density at radius 2 is 2.50 bits per heavy atom. The van der Waals surface area contributed by atoms with Gasteiger partial charge in [0.2, 0.25) is 6.39 Å². The predicted molar refractivity (Wildman–Crippen MR) is 48.3 cm³/mol. The second kappa shape index (κ2) is 4.04. The van der Waals surface area contributed by atoms with Gasteiger partial charge in [-0.3, -0.25) is 4.90 Å². The molecule has 1 aromatic heterocycles. The van der Waals surface area contributed by atoms with E-state index in [4.69, 9.17) is 0 Å². The first-order valence-electron chi connectivity index (χ1n) is 4.87. The van der Waals surface area contributed by atoms with Gasteiger partial charge in [-0.05, 0) is 26.3 Å². The Hall–Kier alpha value is -0.970. The lowest BCUT2D eigenvalue weighted by Crippen LogP contribution is -2.35. The van der Waals surface area contributed by atoms with Gasteiger partial charge >= 0.3 is 0 Å². The smallest absolute Gasteiger partial charge is 0.213 e. The third kappa shape index (κ3) is 1.92. The summed E-state index contributed by atoms with van der Waals surface area (Å²) < 4.78 is 18.0. The summed E-state index contributed by atoms with van der Waals surface area (Å²) >= 11 is 0. The van der Waals surface area contributed by atoms with Crippen molar-refractivity contribution >= 4 is 0 Å². The summed E-state index contributed by atoms with van der Waals surface area (Å²) in [5, 5.41) is 3.70. The minimum atomic E-state index is -0.702. The summed E-state index contributed by atoms with van der Waals surface area (Å²) in [7, 11) is 1.90. The molecular weight excluding hydrogens is 185 g/mol. The SMILES string of the molecule is CN(Cc1ncon1)[C@@H]1CCC[C@H]1F. The van der Waals surface area contributed by atoms with E-state index >= 15 is 0 Å². The lowest BCUT2D eigenvalue weighted by Gasteiger charge is -2.24. The highest BCUT2D eigenvalue weighted by atomic mass is 19.1. The number of rotatable bonds is 3. The summed E-state index contributed by atoms with van der Waals surface area (Å²) in [5.41, 5.74) is 0. The molecule has 1 aliphatic carbocycles. The lowest BCUT2D eigenvalue weighted by atomic mass is 10.2. The van der Waals surface area contributed by atoms with Crippen molar-refractivity contribution in [2.45, 2.75) is 38.0 Å². The highest BCUT2D eigenvalue weighted by Gasteiger charge is 2.30. The summed E-state index contributed by atoms with van der Waals surface area (Å²) in [6, 6.07) is 0.0218. The minimum absolute atomic E-state index is 0.0218. The van der Waals surface area contributed by atoms with Crippen LogP contribution in [-0.2, 0) is 6.54 Å². The van der Waals surface area contributed by atoms with Gasteiger partial charge in [0, 0.05) is 6.04 Å². The summed E-state index contributed by atoms with van der Waals surface area (Å²) in [4.78, 5) is 5.87. The molecule has 78 valence electrons. The number of hydrogen-bond donors (Lipinski definition) is 0. The van der Waals surface area contributed by atoms with Crippen molar-refractivity contribution < 1.29 is 8.91 Å². The first kappa shape index (κ1) is 9.58. The van der Waals surface area contributed by atoms with Crippen LogP contribution in [0.15, 0.2) is 10.9 Å². The fraction of sp³-hybridized carbons (Fsp3) is 0.778. The summed E-state index contributed by atoms with van der Waals surface area (Å²) in [6.45, 7) is 0.557. The van der Waals surface area contributed by atoms with Gasteiger partial charge in [-0.25, -0.2) is 4.39 Å². The molecule has 0 unspecified atom stereocenters. The van der Waals surface area contributed by atoms with E-state index in [0.717, 1.165) is 12.8 Å². The van der Waals surface area contributed by atoms with Crippen LogP contribution in [0, 0.1) is 0 Å².